The molecule has 2 aromatic rings. The van der Waals surface area contributed by atoms with Gasteiger partial charge in [-0.05, 0) is 18.6 Å². The van der Waals surface area contributed by atoms with E-state index in [2.05, 4.69) is 10.3 Å². The van der Waals surface area contributed by atoms with Gasteiger partial charge in [0, 0.05) is 12.3 Å². The lowest BCUT2D eigenvalue weighted by Crippen LogP contribution is -2.30. The fourth-order valence-corrected chi connectivity index (χ4v) is 1.97. The largest absolute Gasteiger partial charge is 0.480 e. The number of anilines is 1. The topological polar surface area (TPSA) is 83.7 Å². The Morgan fingerprint density at radius 2 is 2.30 bits per heavy atom. The molecule has 0 aliphatic heterocycles. The van der Waals surface area contributed by atoms with Crippen LogP contribution in [0.2, 0.25) is 0 Å². The van der Waals surface area contributed by atoms with Gasteiger partial charge in [-0.2, -0.15) is 0 Å². The smallest absolute Gasteiger partial charge is 0.326 e. The normalized spacial score (nSPS) is 12.2. The molecule has 0 amide bonds. The molecule has 0 bridgehead atoms. The third-order valence-corrected chi connectivity index (χ3v) is 3.04. The molecule has 2 N–H and O–H groups in total. The molecule has 0 fully saturated rings. The minimum atomic E-state index is -0.937. The molecule has 2 rings (SSSR count). The Kier molecular flexibility index (Phi) is 4.34. The van der Waals surface area contributed by atoms with Crippen LogP contribution in [-0.4, -0.2) is 26.5 Å². The molecular weight excluding hydrogens is 258 g/mol. The second-order valence-corrected chi connectivity index (χ2v) is 4.59. The third kappa shape index (κ3) is 3.14. The van der Waals surface area contributed by atoms with Gasteiger partial charge in [-0.1, -0.05) is 25.8 Å². The van der Waals surface area contributed by atoms with Gasteiger partial charge in [-0.3, -0.25) is 9.20 Å². The Morgan fingerprint density at radius 1 is 1.50 bits per heavy atom. The first kappa shape index (κ1) is 14.0. The Balaban J connectivity index is 2.28. The predicted octanol–water partition coefficient (Wildman–Crippen LogP) is 1.75. The lowest BCUT2D eigenvalue weighted by molar-refractivity contribution is -0.138. The highest BCUT2D eigenvalue weighted by atomic mass is 16.4. The summed E-state index contributed by atoms with van der Waals surface area (Å²) in [5.41, 5.74) is 0.250. The van der Waals surface area contributed by atoms with Gasteiger partial charge in [0.2, 0.25) is 0 Å². The van der Waals surface area contributed by atoms with E-state index >= 15 is 0 Å². The molecule has 0 spiro atoms. The van der Waals surface area contributed by atoms with Gasteiger partial charge in [0.05, 0.1) is 0 Å². The number of pyridine rings is 1. The second kappa shape index (κ2) is 6.18. The first-order valence-electron chi connectivity index (χ1n) is 6.59. The average molecular weight is 275 g/mol. The number of aromatic nitrogens is 2. The van der Waals surface area contributed by atoms with Crippen LogP contribution in [0.4, 0.5) is 5.82 Å². The van der Waals surface area contributed by atoms with Crippen LogP contribution in [0.1, 0.15) is 26.2 Å². The number of aliphatic carboxylic acids is 1. The minimum Gasteiger partial charge on any atom is -0.480 e. The number of nitrogens with one attached hydrogen (secondary N) is 1. The summed E-state index contributed by atoms with van der Waals surface area (Å²) in [6.45, 7) is 2.00. The summed E-state index contributed by atoms with van der Waals surface area (Å²) in [4.78, 5) is 27.3. The number of nitrogens with zero attached hydrogens (tertiary/aromatic N) is 2. The summed E-state index contributed by atoms with van der Waals surface area (Å²) in [6, 6.07) is 5.80. The van der Waals surface area contributed by atoms with Crippen molar-refractivity contribution in [1.82, 2.24) is 9.38 Å². The number of rotatable bonds is 6. The zero-order valence-electron chi connectivity index (χ0n) is 11.2. The Bertz CT molecular complexity index is 666. The molecule has 2 heterocycles. The van der Waals surface area contributed by atoms with Crippen molar-refractivity contribution in [3.63, 3.8) is 0 Å². The maximum atomic E-state index is 11.9. The van der Waals surface area contributed by atoms with Crippen LogP contribution in [-0.2, 0) is 4.79 Å². The van der Waals surface area contributed by atoms with Crippen molar-refractivity contribution in [3.8, 4) is 0 Å². The van der Waals surface area contributed by atoms with E-state index in [0.29, 0.717) is 17.9 Å². The van der Waals surface area contributed by atoms with Crippen LogP contribution in [0.5, 0.6) is 0 Å². The molecule has 20 heavy (non-hydrogen) atoms. The quantitative estimate of drug-likeness (QED) is 0.839. The molecule has 0 saturated carbocycles. The number of carboxylic acid groups (broad SMARTS) is 1. The molecule has 0 radical (unpaired) electrons. The van der Waals surface area contributed by atoms with E-state index in [1.165, 1.54) is 10.5 Å². The van der Waals surface area contributed by atoms with E-state index in [1.807, 2.05) is 6.92 Å². The van der Waals surface area contributed by atoms with Crippen LogP contribution < -0.4 is 10.9 Å². The van der Waals surface area contributed by atoms with E-state index in [0.717, 1.165) is 12.8 Å². The van der Waals surface area contributed by atoms with Crippen LogP contribution in [0.15, 0.2) is 35.3 Å². The minimum absolute atomic E-state index is 0.238. The second-order valence-electron chi connectivity index (χ2n) is 4.59. The highest BCUT2D eigenvalue weighted by molar-refractivity contribution is 5.76. The molecule has 0 aliphatic rings. The van der Waals surface area contributed by atoms with Gasteiger partial charge < -0.3 is 10.4 Å². The van der Waals surface area contributed by atoms with Gasteiger partial charge >= 0.3 is 5.97 Å². The fourth-order valence-electron chi connectivity index (χ4n) is 1.97. The molecule has 0 saturated heterocycles. The van der Waals surface area contributed by atoms with Crippen LogP contribution >= 0.6 is 0 Å². The predicted molar refractivity (Wildman–Crippen MR) is 76.0 cm³/mol. The van der Waals surface area contributed by atoms with Crippen molar-refractivity contribution < 1.29 is 9.90 Å². The third-order valence-electron chi connectivity index (χ3n) is 3.04. The standard InChI is InChI=1S/C14H17N3O3/c1-2-3-6-10(14(19)20)15-11-9-13(18)17-8-5-4-7-12(17)16-11/h4-5,7-10,15H,2-3,6H2,1H3,(H,19,20)/t10-/m0/s1. The fraction of sp³-hybridized carbons (Fsp3) is 0.357. The number of hydrogen-bond donors (Lipinski definition) is 2. The van der Waals surface area contributed by atoms with E-state index in [9.17, 15) is 14.7 Å². The summed E-state index contributed by atoms with van der Waals surface area (Å²) < 4.78 is 1.41. The van der Waals surface area contributed by atoms with E-state index in [4.69, 9.17) is 0 Å². The Hall–Kier alpha value is -2.37. The van der Waals surface area contributed by atoms with E-state index in [1.54, 1.807) is 24.4 Å². The molecule has 1 atom stereocenters. The van der Waals surface area contributed by atoms with Crippen LogP contribution in [0, 0.1) is 0 Å². The van der Waals surface area contributed by atoms with Gasteiger partial charge in [0.25, 0.3) is 5.56 Å². The lowest BCUT2D eigenvalue weighted by Gasteiger charge is -2.14. The van der Waals surface area contributed by atoms with Crippen LogP contribution in [0.25, 0.3) is 5.65 Å². The van der Waals surface area contributed by atoms with Gasteiger partial charge in [0.1, 0.15) is 17.5 Å². The zero-order valence-corrected chi connectivity index (χ0v) is 11.2. The number of hydrogen-bond acceptors (Lipinski definition) is 4. The van der Waals surface area contributed by atoms with Crippen LogP contribution in [0.3, 0.4) is 0 Å². The number of unbranched alkanes of at least 4 members (excludes halogenated alkanes) is 1. The van der Waals surface area contributed by atoms with E-state index in [-0.39, 0.29) is 5.56 Å². The maximum Gasteiger partial charge on any atom is 0.326 e. The monoisotopic (exact) mass is 275 g/mol. The summed E-state index contributed by atoms with van der Waals surface area (Å²) in [7, 11) is 0. The number of fused-ring (bicyclic) bond motifs is 1. The summed E-state index contributed by atoms with van der Waals surface area (Å²) in [5, 5.41) is 12.0. The van der Waals surface area contributed by atoms with Gasteiger partial charge in [-0.15, -0.1) is 0 Å². The first-order valence-corrected chi connectivity index (χ1v) is 6.59. The van der Waals surface area contributed by atoms with Crippen molar-refractivity contribution in [3.05, 3.63) is 40.8 Å². The zero-order chi connectivity index (χ0) is 14.5. The summed E-state index contributed by atoms with van der Waals surface area (Å²) >= 11 is 0. The Morgan fingerprint density at radius 3 is 3.00 bits per heavy atom. The van der Waals surface area contributed by atoms with Crippen molar-refractivity contribution in [2.45, 2.75) is 32.2 Å². The van der Waals surface area contributed by atoms with Gasteiger partial charge in [0.15, 0.2) is 0 Å². The molecule has 6 heteroatoms. The maximum absolute atomic E-state index is 11.9. The molecule has 0 aromatic carbocycles. The SMILES string of the molecule is CCCC[C@H](Nc1cc(=O)n2ccccc2n1)C(=O)O. The van der Waals surface area contributed by atoms with Crippen molar-refractivity contribution in [2.75, 3.05) is 5.32 Å². The first-order chi connectivity index (χ1) is 9.61. The van der Waals surface area contributed by atoms with E-state index < -0.39 is 12.0 Å². The molecular formula is C14H17N3O3. The highest BCUT2D eigenvalue weighted by Gasteiger charge is 2.17. The molecule has 0 aliphatic carbocycles. The highest BCUT2D eigenvalue weighted by Crippen LogP contribution is 2.09. The lowest BCUT2D eigenvalue weighted by atomic mass is 10.1. The molecule has 106 valence electrons. The van der Waals surface area contributed by atoms with Crippen molar-refractivity contribution in [2.24, 2.45) is 0 Å². The van der Waals surface area contributed by atoms with Crippen molar-refractivity contribution in [1.29, 1.82) is 0 Å². The average Bonchev–Trinajstić information content (AvgIpc) is 2.43. The summed E-state index contributed by atoms with van der Waals surface area (Å²) in [6.07, 6.45) is 3.84. The van der Waals surface area contributed by atoms with Crippen molar-refractivity contribution >= 4 is 17.4 Å². The number of carboxylic acids is 1. The summed E-state index contributed by atoms with van der Waals surface area (Å²) in [5.74, 6) is -0.641. The molecule has 6 nitrogen and oxygen atoms in total. The Labute approximate surface area is 116 Å². The molecule has 2 aromatic heterocycles. The number of carbonyl (C=O) groups is 1. The van der Waals surface area contributed by atoms with Gasteiger partial charge in [-0.25, -0.2) is 9.78 Å². The molecule has 0 unspecified atom stereocenters.